The highest BCUT2D eigenvalue weighted by atomic mass is 15.0. The Bertz CT molecular complexity index is 179. The van der Waals surface area contributed by atoms with E-state index in [1.54, 1.807) is 0 Å². The molecule has 0 aromatic carbocycles. The summed E-state index contributed by atoms with van der Waals surface area (Å²) in [5.41, 5.74) is 0. The van der Waals surface area contributed by atoms with Crippen molar-refractivity contribution in [3.8, 4) is 0 Å². The van der Waals surface area contributed by atoms with Crippen LogP contribution in [-0.2, 0) is 0 Å². The van der Waals surface area contributed by atoms with Crippen LogP contribution in [0.2, 0.25) is 0 Å². The van der Waals surface area contributed by atoms with Crippen molar-refractivity contribution in [1.29, 1.82) is 0 Å². The zero-order valence-electron chi connectivity index (χ0n) is 10.8. The Morgan fingerprint density at radius 1 is 1.06 bits per heavy atom. The van der Waals surface area contributed by atoms with Gasteiger partial charge in [-0.3, -0.25) is 0 Å². The summed E-state index contributed by atoms with van der Waals surface area (Å²) in [5.74, 6) is 0.934. The van der Waals surface area contributed by atoms with Gasteiger partial charge in [-0.1, -0.05) is 25.7 Å². The van der Waals surface area contributed by atoms with Crippen molar-refractivity contribution in [2.24, 2.45) is 5.92 Å². The van der Waals surface area contributed by atoms with Crippen LogP contribution in [0, 0.1) is 5.92 Å². The third-order valence-electron chi connectivity index (χ3n) is 4.46. The van der Waals surface area contributed by atoms with E-state index in [0.29, 0.717) is 0 Å². The molecule has 2 aliphatic rings. The highest BCUT2D eigenvalue weighted by Crippen LogP contribution is 2.25. The maximum Gasteiger partial charge on any atom is 0.0193 e. The number of hydrogen-bond donors (Lipinski definition) is 2. The molecule has 1 unspecified atom stereocenters. The standard InChI is InChI=1S/C14H28N2/c1-12(13-7-4-2-3-5-8-13)16-11-14-9-6-10-15-14/h12-16H,2-11H2,1H3/t12-,14?/m1/s1. The van der Waals surface area contributed by atoms with E-state index >= 15 is 0 Å². The predicted molar refractivity (Wildman–Crippen MR) is 69.7 cm³/mol. The summed E-state index contributed by atoms with van der Waals surface area (Å²) in [4.78, 5) is 0. The highest BCUT2D eigenvalue weighted by molar-refractivity contribution is 4.80. The molecule has 0 bridgehead atoms. The van der Waals surface area contributed by atoms with Gasteiger partial charge in [0.1, 0.15) is 0 Å². The summed E-state index contributed by atoms with van der Waals surface area (Å²) < 4.78 is 0. The van der Waals surface area contributed by atoms with Crippen LogP contribution in [0.4, 0.5) is 0 Å². The van der Waals surface area contributed by atoms with E-state index in [-0.39, 0.29) is 0 Å². The highest BCUT2D eigenvalue weighted by Gasteiger charge is 2.20. The third kappa shape index (κ3) is 3.74. The molecule has 2 atom stereocenters. The fourth-order valence-corrected chi connectivity index (χ4v) is 3.24. The van der Waals surface area contributed by atoms with Gasteiger partial charge in [-0.15, -0.1) is 0 Å². The maximum atomic E-state index is 3.76. The average molecular weight is 224 g/mol. The van der Waals surface area contributed by atoms with Crippen molar-refractivity contribution in [3.63, 3.8) is 0 Å². The van der Waals surface area contributed by atoms with Gasteiger partial charge in [0.2, 0.25) is 0 Å². The molecule has 1 saturated carbocycles. The van der Waals surface area contributed by atoms with E-state index in [0.717, 1.165) is 18.0 Å². The Morgan fingerprint density at radius 2 is 1.81 bits per heavy atom. The minimum Gasteiger partial charge on any atom is -0.313 e. The summed E-state index contributed by atoms with van der Waals surface area (Å²) in [6.07, 6.45) is 11.5. The lowest BCUT2D eigenvalue weighted by molar-refractivity contribution is 0.328. The number of hydrogen-bond acceptors (Lipinski definition) is 2. The van der Waals surface area contributed by atoms with Crippen molar-refractivity contribution >= 4 is 0 Å². The van der Waals surface area contributed by atoms with Crippen molar-refractivity contribution < 1.29 is 0 Å². The molecule has 0 aromatic heterocycles. The van der Waals surface area contributed by atoms with Crippen LogP contribution in [0.25, 0.3) is 0 Å². The van der Waals surface area contributed by atoms with Gasteiger partial charge in [0.05, 0.1) is 0 Å². The lowest BCUT2D eigenvalue weighted by Crippen LogP contribution is -2.41. The quantitative estimate of drug-likeness (QED) is 0.718. The van der Waals surface area contributed by atoms with Crippen molar-refractivity contribution in [3.05, 3.63) is 0 Å². The second-order valence-electron chi connectivity index (χ2n) is 5.74. The summed E-state index contributed by atoms with van der Waals surface area (Å²) in [6, 6.07) is 1.47. The molecule has 94 valence electrons. The van der Waals surface area contributed by atoms with Gasteiger partial charge in [0.15, 0.2) is 0 Å². The van der Waals surface area contributed by atoms with E-state index in [4.69, 9.17) is 0 Å². The Balaban J connectivity index is 1.66. The zero-order chi connectivity index (χ0) is 11.2. The van der Waals surface area contributed by atoms with E-state index in [2.05, 4.69) is 17.6 Å². The van der Waals surface area contributed by atoms with Crippen LogP contribution in [0.5, 0.6) is 0 Å². The molecule has 1 aliphatic carbocycles. The molecule has 2 heteroatoms. The largest absolute Gasteiger partial charge is 0.313 e. The molecule has 1 heterocycles. The lowest BCUT2D eigenvalue weighted by Gasteiger charge is -2.25. The maximum absolute atomic E-state index is 3.76. The van der Waals surface area contributed by atoms with Crippen LogP contribution in [-0.4, -0.2) is 25.2 Å². The predicted octanol–water partition coefficient (Wildman–Crippen LogP) is 2.69. The minimum absolute atomic E-state index is 0.723. The summed E-state index contributed by atoms with van der Waals surface area (Å²) in [6.45, 7) is 4.80. The molecule has 1 saturated heterocycles. The van der Waals surface area contributed by atoms with Gasteiger partial charge in [0, 0.05) is 18.6 Å². The van der Waals surface area contributed by atoms with Gasteiger partial charge >= 0.3 is 0 Å². The molecule has 2 N–H and O–H groups in total. The third-order valence-corrected chi connectivity index (χ3v) is 4.46. The van der Waals surface area contributed by atoms with E-state index in [1.807, 2.05) is 0 Å². The number of nitrogens with one attached hydrogen (secondary N) is 2. The monoisotopic (exact) mass is 224 g/mol. The molecule has 0 aromatic rings. The Kier molecular flexibility index (Phi) is 5.11. The topological polar surface area (TPSA) is 24.1 Å². The molecule has 2 rings (SSSR count). The molecular weight excluding hydrogens is 196 g/mol. The fourth-order valence-electron chi connectivity index (χ4n) is 3.24. The van der Waals surface area contributed by atoms with Crippen LogP contribution in [0.3, 0.4) is 0 Å². The van der Waals surface area contributed by atoms with Crippen LogP contribution in [0.15, 0.2) is 0 Å². The van der Waals surface area contributed by atoms with Crippen LogP contribution >= 0.6 is 0 Å². The SMILES string of the molecule is C[C@@H](NCC1CCCN1)C1CCCCCC1. The molecule has 1 aliphatic heterocycles. The number of rotatable bonds is 4. The molecule has 0 radical (unpaired) electrons. The second kappa shape index (κ2) is 6.61. The van der Waals surface area contributed by atoms with Gasteiger partial charge in [0.25, 0.3) is 0 Å². The molecule has 0 spiro atoms. The summed E-state index contributed by atoms with van der Waals surface area (Å²) in [5, 5.41) is 7.32. The summed E-state index contributed by atoms with van der Waals surface area (Å²) in [7, 11) is 0. The molecule has 0 amide bonds. The zero-order valence-corrected chi connectivity index (χ0v) is 10.8. The van der Waals surface area contributed by atoms with E-state index < -0.39 is 0 Å². The van der Waals surface area contributed by atoms with Crippen molar-refractivity contribution in [2.75, 3.05) is 13.1 Å². The molecule has 16 heavy (non-hydrogen) atoms. The van der Waals surface area contributed by atoms with Crippen molar-refractivity contribution in [2.45, 2.75) is 70.4 Å². The van der Waals surface area contributed by atoms with Crippen LogP contribution < -0.4 is 10.6 Å². The van der Waals surface area contributed by atoms with E-state index in [9.17, 15) is 0 Å². The first kappa shape index (κ1) is 12.4. The summed E-state index contributed by atoms with van der Waals surface area (Å²) >= 11 is 0. The van der Waals surface area contributed by atoms with E-state index in [1.165, 1.54) is 64.5 Å². The van der Waals surface area contributed by atoms with Gasteiger partial charge in [-0.05, 0) is 45.1 Å². The average Bonchev–Trinajstić information content (AvgIpc) is 2.66. The first-order chi connectivity index (χ1) is 7.86. The molecule has 2 nitrogen and oxygen atoms in total. The Morgan fingerprint density at radius 3 is 2.44 bits per heavy atom. The fraction of sp³-hybridized carbons (Fsp3) is 1.00. The smallest absolute Gasteiger partial charge is 0.0193 e. The van der Waals surface area contributed by atoms with Gasteiger partial charge < -0.3 is 10.6 Å². The molecule has 2 fully saturated rings. The Hall–Kier alpha value is -0.0800. The lowest BCUT2D eigenvalue weighted by atomic mass is 9.93. The normalized spacial score (nSPS) is 30.2. The van der Waals surface area contributed by atoms with Crippen LogP contribution in [0.1, 0.15) is 58.3 Å². The first-order valence-electron chi connectivity index (χ1n) is 7.33. The second-order valence-corrected chi connectivity index (χ2v) is 5.74. The van der Waals surface area contributed by atoms with Crippen molar-refractivity contribution in [1.82, 2.24) is 10.6 Å². The molecular formula is C14H28N2. The van der Waals surface area contributed by atoms with Gasteiger partial charge in [-0.25, -0.2) is 0 Å². The minimum atomic E-state index is 0.723. The Labute approximate surface area is 101 Å². The first-order valence-corrected chi connectivity index (χ1v) is 7.33. The van der Waals surface area contributed by atoms with Gasteiger partial charge in [-0.2, -0.15) is 0 Å².